The van der Waals surface area contributed by atoms with Gasteiger partial charge in [-0.2, -0.15) is 0 Å². The number of nitrogens with two attached hydrogens (primary N) is 1. The summed E-state index contributed by atoms with van der Waals surface area (Å²) in [7, 11) is 0. The Labute approximate surface area is 147 Å². The van der Waals surface area contributed by atoms with Crippen LogP contribution >= 0.6 is 11.6 Å². The SMILES string of the molecule is CC(C)(C)OC(=O)N1CCCC(C(N)(N=O)c2cccc(Cl)c2)C1. The largest absolute Gasteiger partial charge is 0.444 e. The molecule has 1 aromatic rings. The highest BCUT2D eigenvalue weighted by Gasteiger charge is 2.42. The Kier molecular flexibility index (Phi) is 5.50. The van der Waals surface area contributed by atoms with Crippen LogP contribution in [0.15, 0.2) is 29.4 Å². The summed E-state index contributed by atoms with van der Waals surface area (Å²) >= 11 is 6.01. The topological polar surface area (TPSA) is 85.0 Å². The van der Waals surface area contributed by atoms with Gasteiger partial charge in [0.1, 0.15) is 5.60 Å². The smallest absolute Gasteiger partial charge is 0.410 e. The second kappa shape index (κ2) is 7.07. The number of nitrogens with zero attached hydrogens (tertiary/aromatic N) is 2. The molecule has 0 aliphatic carbocycles. The average molecular weight is 354 g/mol. The fourth-order valence-corrected chi connectivity index (χ4v) is 3.12. The van der Waals surface area contributed by atoms with Crippen molar-refractivity contribution >= 4 is 17.7 Å². The Morgan fingerprint density at radius 2 is 2.12 bits per heavy atom. The Hall–Kier alpha value is -1.66. The van der Waals surface area contributed by atoms with E-state index >= 15 is 0 Å². The minimum absolute atomic E-state index is 0.297. The van der Waals surface area contributed by atoms with E-state index in [1.54, 1.807) is 29.2 Å². The number of hydrogen-bond donors (Lipinski definition) is 1. The summed E-state index contributed by atoms with van der Waals surface area (Å²) in [5.74, 6) is -0.297. The fourth-order valence-electron chi connectivity index (χ4n) is 2.93. The van der Waals surface area contributed by atoms with Crippen LogP contribution in [0.5, 0.6) is 0 Å². The van der Waals surface area contributed by atoms with E-state index in [2.05, 4.69) is 5.18 Å². The van der Waals surface area contributed by atoms with E-state index in [0.717, 1.165) is 6.42 Å². The lowest BCUT2D eigenvalue weighted by molar-refractivity contribution is 0.0112. The van der Waals surface area contributed by atoms with Gasteiger partial charge in [-0.05, 0) is 56.5 Å². The zero-order valence-electron chi connectivity index (χ0n) is 14.3. The Morgan fingerprint density at radius 3 is 2.71 bits per heavy atom. The van der Waals surface area contributed by atoms with Crippen molar-refractivity contribution in [2.75, 3.05) is 13.1 Å². The molecule has 1 heterocycles. The maximum Gasteiger partial charge on any atom is 0.410 e. The van der Waals surface area contributed by atoms with Crippen molar-refractivity contribution in [1.82, 2.24) is 4.90 Å². The summed E-state index contributed by atoms with van der Waals surface area (Å²) in [4.78, 5) is 25.5. The maximum atomic E-state index is 12.3. The van der Waals surface area contributed by atoms with E-state index in [4.69, 9.17) is 22.1 Å². The van der Waals surface area contributed by atoms with Crippen LogP contribution in [-0.2, 0) is 10.4 Å². The molecule has 2 atom stereocenters. The summed E-state index contributed by atoms with van der Waals surface area (Å²) in [6.45, 7) is 6.36. The second-order valence-corrected chi connectivity index (χ2v) is 7.63. The predicted octanol–water partition coefficient (Wildman–Crippen LogP) is 3.87. The molecule has 1 aliphatic rings. The highest BCUT2D eigenvalue weighted by Crippen LogP contribution is 2.36. The number of halogens is 1. The third-order valence-corrected chi connectivity index (χ3v) is 4.37. The van der Waals surface area contributed by atoms with Gasteiger partial charge in [0.05, 0.1) is 0 Å². The molecule has 7 heteroatoms. The average Bonchev–Trinajstić information content (AvgIpc) is 2.52. The van der Waals surface area contributed by atoms with Crippen molar-refractivity contribution in [2.24, 2.45) is 16.8 Å². The lowest BCUT2D eigenvalue weighted by atomic mass is 9.82. The number of amides is 1. The number of carbonyl (C=O) groups excluding carboxylic acids is 1. The summed E-state index contributed by atoms with van der Waals surface area (Å²) in [6, 6.07) is 6.83. The third kappa shape index (κ3) is 4.24. The molecule has 1 aromatic carbocycles. The normalized spacial score (nSPS) is 21.0. The van der Waals surface area contributed by atoms with Crippen LogP contribution in [0.3, 0.4) is 0 Å². The van der Waals surface area contributed by atoms with Crippen molar-refractivity contribution in [2.45, 2.75) is 44.9 Å². The fraction of sp³-hybridized carbons (Fsp3) is 0.588. The first kappa shape index (κ1) is 18.7. The van der Waals surface area contributed by atoms with E-state index in [1.807, 2.05) is 20.8 Å². The standard InChI is InChI=1S/C17H24ClN3O3/c1-16(2,3)24-15(22)21-9-5-7-13(11-21)17(19,20-23)12-6-4-8-14(18)10-12/h4,6,8,10,13H,5,7,9,11,19H2,1-3H3. The van der Waals surface area contributed by atoms with E-state index < -0.39 is 17.4 Å². The molecule has 1 amide bonds. The molecule has 24 heavy (non-hydrogen) atoms. The molecule has 0 spiro atoms. The predicted molar refractivity (Wildman–Crippen MR) is 93.6 cm³/mol. The molecular formula is C17H24ClN3O3. The van der Waals surface area contributed by atoms with E-state index in [0.29, 0.717) is 30.1 Å². The minimum Gasteiger partial charge on any atom is -0.444 e. The summed E-state index contributed by atoms with van der Waals surface area (Å²) in [5.41, 5.74) is 4.90. The van der Waals surface area contributed by atoms with Crippen LogP contribution < -0.4 is 5.73 Å². The zero-order valence-corrected chi connectivity index (χ0v) is 15.0. The van der Waals surface area contributed by atoms with Crippen molar-refractivity contribution in [3.63, 3.8) is 0 Å². The molecule has 2 unspecified atom stereocenters. The quantitative estimate of drug-likeness (QED) is 0.836. The first-order chi connectivity index (χ1) is 11.2. The number of carbonyl (C=O) groups is 1. The Bertz CT molecular complexity index is 617. The molecule has 1 aliphatic heterocycles. The lowest BCUT2D eigenvalue weighted by Gasteiger charge is -2.39. The van der Waals surface area contributed by atoms with E-state index in [-0.39, 0.29) is 5.92 Å². The molecular weight excluding hydrogens is 330 g/mol. The van der Waals surface area contributed by atoms with Crippen LogP contribution in [0.1, 0.15) is 39.2 Å². The number of likely N-dealkylation sites (tertiary alicyclic amines) is 1. The molecule has 0 bridgehead atoms. The van der Waals surface area contributed by atoms with Crippen LogP contribution in [-0.4, -0.2) is 29.7 Å². The van der Waals surface area contributed by atoms with Crippen molar-refractivity contribution in [3.05, 3.63) is 39.8 Å². The first-order valence-electron chi connectivity index (χ1n) is 8.03. The highest BCUT2D eigenvalue weighted by molar-refractivity contribution is 6.30. The molecule has 0 aromatic heterocycles. The van der Waals surface area contributed by atoms with Crippen molar-refractivity contribution < 1.29 is 9.53 Å². The summed E-state index contributed by atoms with van der Waals surface area (Å²) in [5, 5.41) is 3.71. The van der Waals surface area contributed by atoms with Gasteiger partial charge in [-0.1, -0.05) is 23.7 Å². The lowest BCUT2D eigenvalue weighted by Crippen LogP contribution is -2.52. The van der Waals surface area contributed by atoms with Crippen molar-refractivity contribution in [3.8, 4) is 0 Å². The van der Waals surface area contributed by atoms with E-state index in [9.17, 15) is 9.70 Å². The van der Waals surface area contributed by atoms with Gasteiger partial charge in [0.2, 0.25) is 0 Å². The van der Waals surface area contributed by atoms with Gasteiger partial charge >= 0.3 is 6.09 Å². The Morgan fingerprint density at radius 1 is 1.42 bits per heavy atom. The van der Waals surface area contributed by atoms with Crippen LogP contribution in [0, 0.1) is 10.8 Å². The number of ether oxygens (including phenoxy) is 1. The highest BCUT2D eigenvalue weighted by atomic mass is 35.5. The maximum absolute atomic E-state index is 12.3. The van der Waals surface area contributed by atoms with Gasteiger partial charge in [0, 0.05) is 24.0 Å². The molecule has 1 fully saturated rings. The second-order valence-electron chi connectivity index (χ2n) is 7.19. The number of nitroso groups, excluding NO2 is 1. The van der Waals surface area contributed by atoms with Crippen LogP contribution in [0.2, 0.25) is 5.02 Å². The summed E-state index contributed by atoms with van der Waals surface area (Å²) in [6.07, 6.45) is 1.04. The van der Waals surface area contributed by atoms with Crippen LogP contribution in [0.25, 0.3) is 0 Å². The van der Waals surface area contributed by atoms with Gasteiger partial charge in [-0.15, -0.1) is 4.91 Å². The first-order valence-corrected chi connectivity index (χ1v) is 8.41. The Balaban J connectivity index is 2.20. The van der Waals surface area contributed by atoms with Gasteiger partial charge in [-0.25, -0.2) is 4.79 Å². The van der Waals surface area contributed by atoms with Gasteiger partial charge in [0.15, 0.2) is 5.66 Å². The number of piperidine rings is 1. The molecule has 6 nitrogen and oxygen atoms in total. The minimum atomic E-state index is -1.43. The van der Waals surface area contributed by atoms with Crippen molar-refractivity contribution in [1.29, 1.82) is 0 Å². The monoisotopic (exact) mass is 353 g/mol. The molecule has 2 rings (SSSR count). The molecule has 132 valence electrons. The van der Waals surface area contributed by atoms with Gasteiger partial charge in [0.25, 0.3) is 0 Å². The molecule has 2 N–H and O–H groups in total. The van der Waals surface area contributed by atoms with Gasteiger partial charge < -0.3 is 15.4 Å². The zero-order chi connectivity index (χ0) is 18.0. The van der Waals surface area contributed by atoms with E-state index in [1.165, 1.54) is 0 Å². The molecule has 1 saturated heterocycles. The molecule has 0 radical (unpaired) electrons. The number of rotatable bonds is 3. The van der Waals surface area contributed by atoms with Crippen LogP contribution in [0.4, 0.5) is 4.79 Å². The molecule has 0 saturated carbocycles. The third-order valence-electron chi connectivity index (χ3n) is 4.13. The number of hydrogen-bond acceptors (Lipinski definition) is 5. The summed E-state index contributed by atoms with van der Waals surface area (Å²) < 4.78 is 5.41. The van der Waals surface area contributed by atoms with Gasteiger partial charge in [-0.3, -0.25) is 0 Å². The number of benzene rings is 1.